The molecule has 8 nitrogen and oxygen atoms in total. The quantitative estimate of drug-likeness (QED) is 0.484. The van der Waals surface area contributed by atoms with Crippen LogP contribution in [0.2, 0.25) is 13.1 Å². The van der Waals surface area contributed by atoms with Crippen LogP contribution in [-0.2, 0) is 18.4 Å². The van der Waals surface area contributed by atoms with E-state index in [0.29, 0.717) is 11.1 Å². The first kappa shape index (κ1) is 27.8. The minimum atomic E-state index is -3.31. The number of nitrogens with one attached hydrogen (secondary N) is 2. The summed E-state index contributed by atoms with van der Waals surface area (Å²) in [7, 11) is -3.31. The van der Waals surface area contributed by atoms with E-state index >= 15 is 0 Å². The van der Waals surface area contributed by atoms with Gasteiger partial charge >= 0.3 is 20.5 Å². The maximum Gasteiger partial charge on any atom is 0.457 e. The van der Waals surface area contributed by atoms with E-state index in [1.165, 1.54) is 0 Å². The molecule has 0 radical (unpaired) electrons. The fourth-order valence-electron chi connectivity index (χ4n) is 3.26. The Labute approximate surface area is 207 Å². The van der Waals surface area contributed by atoms with Gasteiger partial charge in [0, 0.05) is 24.2 Å². The topological polar surface area (TPSA) is 111 Å². The Hall–Kier alpha value is -3.46. The van der Waals surface area contributed by atoms with Gasteiger partial charge in [0.25, 0.3) is 11.8 Å². The second-order valence-electron chi connectivity index (χ2n) is 9.36. The molecule has 2 aromatic carbocycles. The highest BCUT2D eigenvalue weighted by atomic mass is 28.4. The summed E-state index contributed by atoms with van der Waals surface area (Å²) < 4.78 is 11.2. The van der Waals surface area contributed by atoms with Crippen molar-refractivity contribution in [3.63, 3.8) is 0 Å². The van der Waals surface area contributed by atoms with Gasteiger partial charge in [0.2, 0.25) is 0 Å². The zero-order valence-electron chi connectivity index (χ0n) is 21.0. The van der Waals surface area contributed by atoms with Gasteiger partial charge in [0.05, 0.1) is 0 Å². The Balaban J connectivity index is 2.06. The van der Waals surface area contributed by atoms with Crippen molar-refractivity contribution in [1.82, 2.24) is 10.6 Å². The minimum Gasteiger partial charge on any atom is -0.484 e. The lowest BCUT2D eigenvalue weighted by Gasteiger charge is -2.29. The molecule has 9 heteroatoms. The van der Waals surface area contributed by atoms with Crippen molar-refractivity contribution in [2.24, 2.45) is 11.8 Å². The third kappa shape index (κ3) is 8.36. The molecule has 0 heterocycles. The predicted molar refractivity (Wildman–Crippen MR) is 135 cm³/mol. The minimum absolute atomic E-state index is 0.260. The normalized spacial score (nSPS) is 13.0. The van der Waals surface area contributed by atoms with Crippen molar-refractivity contribution < 1.29 is 28.0 Å². The lowest BCUT2D eigenvalue weighted by molar-refractivity contribution is -0.144. The van der Waals surface area contributed by atoms with E-state index < -0.39 is 44.4 Å². The molecule has 0 aromatic heterocycles. The smallest absolute Gasteiger partial charge is 0.457 e. The summed E-state index contributed by atoms with van der Waals surface area (Å²) in [5.74, 6) is -2.68. The van der Waals surface area contributed by atoms with Crippen LogP contribution in [0.1, 0.15) is 48.4 Å². The molecule has 2 amide bonds. The molecule has 0 bridgehead atoms. The van der Waals surface area contributed by atoms with Crippen LogP contribution in [0.3, 0.4) is 0 Å². The summed E-state index contributed by atoms with van der Waals surface area (Å²) in [5.41, 5.74) is 0.839. The zero-order valence-corrected chi connectivity index (χ0v) is 22.0. The SMILES string of the molecule is CC(C)C(NC(=O)c1ccccc1)C(=O)O[Si](C)(C)OC(=O)C(NC(=O)c1ccccc1)C(C)C. The van der Waals surface area contributed by atoms with Crippen molar-refractivity contribution >= 4 is 32.3 Å². The van der Waals surface area contributed by atoms with E-state index in [0.717, 1.165) is 0 Å². The molecule has 2 unspecified atom stereocenters. The van der Waals surface area contributed by atoms with Crippen LogP contribution < -0.4 is 10.6 Å². The van der Waals surface area contributed by atoms with E-state index in [1.54, 1.807) is 101 Å². The average molecular weight is 499 g/mol. The van der Waals surface area contributed by atoms with Gasteiger partial charge in [-0.3, -0.25) is 19.2 Å². The summed E-state index contributed by atoms with van der Waals surface area (Å²) >= 11 is 0. The summed E-state index contributed by atoms with van der Waals surface area (Å²) in [6.45, 7) is 10.3. The first-order chi connectivity index (χ1) is 16.4. The molecule has 2 aromatic rings. The molecule has 2 N–H and O–H groups in total. The Morgan fingerprint density at radius 3 is 1.23 bits per heavy atom. The van der Waals surface area contributed by atoms with Gasteiger partial charge in [-0.05, 0) is 36.1 Å². The molecule has 188 valence electrons. The number of rotatable bonds is 10. The number of carbonyl (C=O) groups excluding carboxylic acids is 4. The fraction of sp³-hybridized carbons (Fsp3) is 0.385. The Kier molecular flexibility index (Phi) is 9.76. The second kappa shape index (κ2) is 12.3. The fourth-order valence-corrected chi connectivity index (χ4v) is 4.52. The molecule has 35 heavy (non-hydrogen) atoms. The highest BCUT2D eigenvalue weighted by Crippen LogP contribution is 2.16. The van der Waals surface area contributed by atoms with Gasteiger partial charge < -0.3 is 19.5 Å². The number of amides is 2. The Bertz CT molecular complexity index is 943. The molecule has 2 atom stereocenters. The van der Waals surface area contributed by atoms with Gasteiger partial charge in [-0.2, -0.15) is 0 Å². The van der Waals surface area contributed by atoms with Gasteiger partial charge in [-0.15, -0.1) is 0 Å². The molecule has 0 fully saturated rings. The summed E-state index contributed by atoms with van der Waals surface area (Å²) in [5, 5.41) is 5.41. The maximum absolute atomic E-state index is 13.0. The maximum atomic E-state index is 13.0. The Morgan fingerprint density at radius 1 is 0.629 bits per heavy atom. The molecule has 2 rings (SSSR count). The van der Waals surface area contributed by atoms with Gasteiger partial charge in [-0.1, -0.05) is 64.1 Å². The van der Waals surface area contributed by atoms with Gasteiger partial charge in [0.1, 0.15) is 12.1 Å². The van der Waals surface area contributed by atoms with E-state index in [9.17, 15) is 19.2 Å². The third-order valence-electron chi connectivity index (χ3n) is 5.18. The van der Waals surface area contributed by atoms with Crippen molar-refractivity contribution in [2.75, 3.05) is 0 Å². The summed E-state index contributed by atoms with van der Waals surface area (Å²) in [6.07, 6.45) is 0. The largest absolute Gasteiger partial charge is 0.484 e. The van der Waals surface area contributed by atoms with Crippen molar-refractivity contribution in [1.29, 1.82) is 0 Å². The second-order valence-corrected chi connectivity index (χ2v) is 12.6. The predicted octanol–water partition coefficient (Wildman–Crippen LogP) is 3.68. The molecule has 0 saturated heterocycles. The Morgan fingerprint density at radius 2 is 0.943 bits per heavy atom. The van der Waals surface area contributed by atoms with Crippen LogP contribution in [0.15, 0.2) is 60.7 Å². The lowest BCUT2D eigenvalue weighted by atomic mass is 10.0. The molecule has 0 spiro atoms. The van der Waals surface area contributed by atoms with Crippen LogP contribution in [0, 0.1) is 11.8 Å². The first-order valence-electron chi connectivity index (χ1n) is 11.6. The van der Waals surface area contributed by atoms with E-state index in [2.05, 4.69) is 10.6 Å². The van der Waals surface area contributed by atoms with E-state index in [4.69, 9.17) is 8.85 Å². The number of hydrogen-bond donors (Lipinski definition) is 2. The molecule has 0 aliphatic carbocycles. The zero-order chi connectivity index (χ0) is 26.2. The van der Waals surface area contributed by atoms with Crippen LogP contribution in [0.25, 0.3) is 0 Å². The first-order valence-corrected chi connectivity index (χ1v) is 14.4. The van der Waals surface area contributed by atoms with Crippen LogP contribution in [-0.4, -0.2) is 44.4 Å². The number of benzene rings is 2. The molecule has 0 aliphatic heterocycles. The van der Waals surface area contributed by atoms with Crippen LogP contribution in [0.4, 0.5) is 0 Å². The average Bonchev–Trinajstić information content (AvgIpc) is 2.80. The molecule has 0 saturated carbocycles. The molecule has 0 aliphatic rings. The van der Waals surface area contributed by atoms with Crippen molar-refractivity contribution in [2.45, 2.75) is 52.9 Å². The van der Waals surface area contributed by atoms with Gasteiger partial charge in [-0.25, -0.2) is 0 Å². The van der Waals surface area contributed by atoms with Crippen LogP contribution in [0.5, 0.6) is 0 Å². The van der Waals surface area contributed by atoms with Crippen molar-refractivity contribution in [3.8, 4) is 0 Å². The summed E-state index contributed by atoms with van der Waals surface area (Å²) in [6, 6.07) is 15.2. The van der Waals surface area contributed by atoms with E-state index in [1.807, 2.05) is 0 Å². The molecular formula is C26H34N2O6Si. The standard InChI is InChI=1S/C26H34N2O6Si/c1-17(2)21(27-23(29)19-13-9-7-10-14-19)25(31)33-35(5,6)34-26(32)22(18(3)4)28-24(30)20-15-11-8-12-16-20/h7-18,21-22H,1-6H3,(H,27,29)(H,28,30). The monoisotopic (exact) mass is 498 g/mol. The van der Waals surface area contributed by atoms with Gasteiger partial charge in [0.15, 0.2) is 0 Å². The summed E-state index contributed by atoms with van der Waals surface area (Å²) in [4.78, 5) is 51.0. The lowest BCUT2D eigenvalue weighted by Crippen LogP contribution is -2.53. The molecular weight excluding hydrogens is 464 g/mol. The highest BCUT2D eigenvalue weighted by molar-refractivity contribution is 6.67. The van der Waals surface area contributed by atoms with Crippen LogP contribution >= 0.6 is 0 Å². The van der Waals surface area contributed by atoms with E-state index in [-0.39, 0.29) is 11.8 Å². The highest BCUT2D eigenvalue weighted by Gasteiger charge is 2.40. The van der Waals surface area contributed by atoms with Crippen molar-refractivity contribution in [3.05, 3.63) is 71.8 Å². The number of hydrogen-bond acceptors (Lipinski definition) is 6. The third-order valence-corrected chi connectivity index (χ3v) is 6.56. The number of carbonyl (C=O) groups is 4.